The highest BCUT2D eigenvalue weighted by atomic mass is 35.5. The quantitative estimate of drug-likeness (QED) is 0.684. The van der Waals surface area contributed by atoms with Crippen LogP contribution < -0.4 is 5.32 Å². The van der Waals surface area contributed by atoms with E-state index in [-0.39, 0.29) is 11.8 Å². The molecule has 1 fully saturated rings. The van der Waals surface area contributed by atoms with Gasteiger partial charge >= 0.3 is 0 Å². The zero-order chi connectivity index (χ0) is 20.2. The number of nitrogens with one attached hydrogen (secondary N) is 1. The fourth-order valence-corrected chi connectivity index (χ4v) is 3.62. The van der Waals surface area contributed by atoms with Gasteiger partial charge in [-0.3, -0.25) is 4.79 Å². The number of pyridine rings is 1. The Morgan fingerprint density at radius 1 is 1.14 bits per heavy atom. The molecule has 1 aromatic carbocycles. The number of halogens is 1. The highest BCUT2D eigenvalue weighted by Crippen LogP contribution is 2.27. The highest BCUT2D eigenvalue weighted by Gasteiger charge is 2.26. The Labute approximate surface area is 175 Å². The van der Waals surface area contributed by atoms with Gasteiger partial charge in [0.25, 0.3) is 5.91 Å². The number of hydrogen-bond donors (Lipinski definition) is 1. The van der Waals surface area contributed by atoms with E-state index in [9.17, 15) is 4.79 Å². The largest absolute Gasteiger partial charge is 0.338 e. The van der Waals surface area contributed by atoms with E-state index in [0.29, 0.717) is 28.9 Å². The summed E-state index contributed by atoms with van der Waals surface area (Å²) in [5.41, 5.74) is 2.69. The second kappa shape index (κ2) is 8.57. The summed E-state index contributed by atoms with van der Waals surface area (Å²) < 4.78 is 0. The molecule has 148 valence electrons. The van der Waals surface area contributed by atoms with Crippen molar-refractivity contribution in [3.63, 3.8) is 0 Å². The van der Waals surface area contributed by atoms with Crippen molar-refractivity contribution >= 4 is 29.3 Å². The van der Waals surface area contributed by atoms with Crippen molar-refractivity contribution in [3.8, 4) is 0 Å². The molecule has 0 aliphatic carbocycles. The molecular weight excluding hydrogens is 386 g/mol. The minimum Gasteiger partial charge on any atom is -0.338 e. The van der Waals surface area contributed by atoms with Crippen LogP contribution in [-0.2, 0) is 0 Å². The molecule has 1 N–H and O–H groups in total. The fourth-order valence-electron chi connectivity index (χ4n) is 3.49. The number of anilines is 2. The van der Waals surface area contributed by atoms with Crippen LogP contribution in [0.3, 0.4) is 0 Å². The molecule has 3 aromatic rings. The molecule has 0 spiro atoms. The van der Waals surface area contributed by atoms with Crippen LogP contribution >= 0.6 is 11.6 Å². The highest BCUT2D eigenvalue weighted by molar-refractivity contribution is 6.30. The summed E-state index contributed by atoms with van der Waals surface area (Å²) in [6.45, 7) is 3.39. The van der Waals surface area contributed by atoms with Gasteiger partial charge in [0.1, 0.15) is 5.82 Å². The smallest absolute Gasteiger partial charge is 0.253 e. The molecule has 1 aliphatic rings. The minimum absolute atomic E-state index is 0.0302. The number of aromatic nitrogens is 3. The van der Waals surface area contributed by atoms with E-state index in [1.54, 1.807) is 36.7 Å². The molecule has 1 saturated heterocycles. The van der Waals surface area contributed by atoms with Gasteiger partial charge in [-0.2, -0.15) is 0 Å². The van der Waals surface area contributed by atoms with Gasteiger partial charge in [-0.05, 0) is 61.7 Å². The molecular formula is C22H22ClN5O. The van der Waals surface area contributed by atoms with E-state index in [1.165, 1.54) is 0 Å². The predicted octanol–water partition coefficient (Wildman–Crippen LogP) is 4.60. The lowest BCUT2D eigenvalue weighted by molar-refractivity contribution is 0.0706. The van der Waals surface area contributed by atoms with Gasteiger partial charge in [0.15, 0.2) is 0 Å². The molecule has 3 heterocycles. The third kappa shape index (κ3) is 4.71. The second-order valence-corrected chi connectivity index (χ2v) is 7.68. The molecule has 29 heavy (non-hydrogen) atoms. The Bertz CT molecular complexity index is 991. The van der Waals surface area contributed by atoms with Crippen molar-refractivity contribution in [2.45, 2.75) is 25.7 Å². The number of nitrogens with zero attached hydrogens (tertiary/aromatic N) is 4. The first-order chi connectivity index (χ1) is 14.1. The Morgan fingerprint density at radius 2 is 1.97 bits per heavy atom. The molecule has 2 aromatic heterocycles. The predicted molar refractivity (Wildman–Crippen MR) is 114 cm³/mol. The van der Waals surface area contributed by atoms with E-state index in [0.717, 1.165) is 30.6 Å². The third-order valence-corrected chi connectivity index (χ3v) is 5.30. The number of rotatable bonds is 4. The van der Waals surface area contributed by atoms with Gasteiger partial charge < -0.3 is 10.2 Å². The molecule has 1 atom stereocenters. The van der Waals surface area contributed by atoms with Crippen molar-refractivity contribution < 1.29 is 4.79 Å². The van der Waals surface area contributed by atoms with E-state index < -0.39 is 0 Å². The second-order valence-electron chi connectivity index (χ2n) is 7.25. The number of benzene rings is 1. The molecule has 0 radical (unpaired) electrons. The average molecular weight is 408 g/mol. The summed E-state index contributed by atoms with van der Waals surface area (Å²) >= 11 is 5.94. The summed E-state index contributed by atoms with van der Waals surface area (Å²) in [7, 11) is 0. The Morgan fingerprint density at radius 3 is 2.72 bits per heavy atom. The molecule has 1 aliphatic heterocycles. The fraction of sp³-hybridized carbons (Fsp3) is 0.273. The van der Waals surface area contributed by atoms with Crippen LogP contribution in [0.15, 0.2) is 54.9 Å². The summed E-state index contributed by atoms with van der Waals surface area (Å²) in [5.74, 6) is 1.42. The summed E-state index contributed by atoms with van der Waals surface area (Å²) in [4.78, 5) is 28.1. The average Bonchev–Trinajstić information content (AvgIpc) is 2.76. The molecule has 7 heteroatoms. The van der Waals surface area contributed by atoms with Gasteiger partial charge in [0.05, 0.1) is 5.69 Å². The maximum atomic E-state index is 12.9. The molecule has 6 nitrogen and oxygen atoms in total. The monoisotopic (exact) mass is 407 g/mol. The third-order valence-electron chi connectivity index (χ3n) is 5.05. The van der Waals surface area contributed by atoms with Crippen molar-refractivity contribution in [2.75, 3.05) is 18.4 Å². The summed E-state index contributed by atoms with van der Waals surface area (Å²) in [6, 6.07) is 12.9. The Hall–Kier alpha value is -2.99. The maximum Gasteiger partial charge on any atom is 0.253 e. The molecule has 0 bridgehead atoms. The molecule has 1 unspecified atom stereocenters. The number of carbonyl (C=O) groups excluding carboxylic acids is 1. The van der Waals surface area contributed by atoms with Gasteiger partial charge in [0, 0.05) is 42.0 Å². The van der Waals surface area contributed by atoms with E-state index >= 15 is 0 Å². The lowest BCUT2D eigenvalue weighted by Crippen LogP contribution is -2.39. The van der Waals surface area contributed by atoms with Crippen LogP contribution in [0.25, 0.3) is 0 Å². The molecule has 4 rings (SSSR count). The SMILES string of the molecule is Cc1ccc(Nc2nccc(C3CCCN(C(=O)c4ccc(Cl)cc4)C3)n2)nc1. The van der Waals surface area contributed by atoms with Crippen molar-refractivity contribution in [1.29, 1.82) is 0 Å². The first kappa shape index (κ1) is 19.3. The van der Waals surface area contributed by atoms with Crippen molar-refractivity contribution in [1.82, 2.24) is 19.9 Å². The Balaban J connectivity index is 1.47. The van der Waals surface area contributed by atoms with E-state index in [4.69, 9.17) is 11.6 Å². The lowest BCUT2D eigenvalue weighted by atomic mass is 9.94. The maximum absolute atomic E-state index is 12.9. The van der Waals surface area contributed by atoms with Crippen LogP contribution in [0.2, 0.25) is 5.02 Å². The van der Waals surface area contributed by atoms with Crippen molar-refractivity contribution in [3.05, 3.63) is 76.7 Å². The molecule has 0 saturated carbocycles. The van der Waals surface area contributed by atoms with Crippen molar-refractivity contribution in [2.24, 2.45) is 0 Å². The lowest BCUT2D eigenvalue weighted by Gasteiger charge is -2.32. The zero-order valence-electron chi connectivity index (χ0n) is 16.2. The van der Waals surface area contributed by atoms with Crippen LogP contribution in [0, 0.1) is 6.92 Å². The van der Waals surface area contributed by atoms with E-state index in [1.807, 2.05) is 30.0 Å². The first-order valence-corrected chi connectivity index (χ1v) is 10.0. The summed E-state index contributed by atoms with van der Waals surface area (Å²) in [6.07, 6.45) is 5.48. The van der Waals surface area contributed by atoms with Gasteiger partial charge in [-0.1, -0.05) is 17.7 Å². The number of aryl methyl sites for hydroxylation is 1. The normalized spacial score (nSPS) is 16.5. The van der Waals surface area contributed by atoms with Crippen LogP contribution in [0.1, 0.15) is 40.4 Å². The number of hydrogen-bond acceptors (Lipinski definition) is 5. The van der Waals surface area contributed by atoms with Crippen LogP contribution in [-0.4, -0.2) is 38.8 Å². The minimum atomic E-state index is 0.0302. The van der Waals surface area contributed by atoms with Gasteiger partial charge in [0.2, 0.25) is 5.95 Å². The first-order valence-electron chi connectivity index (χ1n) is 9.66. The van der Waals surface area contributed by atoms with Gasteiger partial charge in [-0.25, -0.2) is 15.0 Å². The van der Waals surface area contributed by atoms with Crippen LogP contribution in [0.4, 0.5) is 11.8 Å². The Kier molecular flexibility index (Phi) is 5.71. The number of carbonyl (C=O) groups is 1. The molecule has 1 amide bonds. The zero-order valence-corrected chi connectivity index (χ0v) is 16.9. The van der Waals surface area contributed by atoms with Crippen LogP contribution in [0.5, 0.6) is 0 Å². The van der Waals surface area contributed by atoms with Gasteiger partial charge in [-0.15, -0.1) is 0 Å². The number of likely N-dealkylation sites (tertiary alicyclic amines) is 1. The standard InChI is InChI=1S/C22H22ClN5O/c1-15-4-9-20(25-13-15)27-22-24-11-10-19(26-22)17-3-2-12-28(14-17)21(29)16-5-7-18(23)8-6-16/h4-11,13,17H,2-3,12,14H2,1H3,(H,24,25,26,27). The topological polar surface area (TPSA) is 71.0 Å². The number of amides is 1. The number of piperidine rings is 1. The van der Waals surface area contributed by atoms with E-state index in [2.05, 4.69) is 20.3 Å². The summed E-state index contributed by atoms with van der Waals surface area (Å²) in [5, 5.41) is 3.78.